The largest absolute Gasteiger partial charge is 0.481 e. The Bertz CT molecular complexity index is 386. The van der Waals surface area contributed by atoms with Crippen molar-refractivity contribution in [2.75, 3.05) is 6.54 Å². The molecule has 1 atom stereocenters. The fraction of sp³-hybridized carbons (Fsp3) is 0.889. The van der Waals surface area contributed by atoms with Crippen LogP contribution in [0.1, 0.15) is 68.2 Å². The van der Waals surface area contributed by atoms with Crippen molar-refractivity contribution in [3.63, 3.8) is 0 Å². The molecule has 0 aliphatic heterocycles. The third kappa shape index (κ3) is 5.88. The maximum atomic E-state index is 11.1. The van der Waals surface area contributed by atoms with Gasteiger partial charge < -0.3 is 14.8 Å². The van der Waals surface area contributed by atoms with Crippen molar-refractivity contribution in [2.24, 2.45) is 5.41 Å². The minimum atomic E-state index is -2.12. The van der Waals surface area contributed by atoms with Crippen LogP contribution in [0.2, 0.25) is 16.6 Å². The molecular formula is C18H37NO4Si. The fourth-order valence-electron chi connectivity index (χ4n) is 3.94. The molecule has 1 amide bonds. The molecule has 0 saturated heterocycles. The van der Waals surface area contributed by atoms with Gasteiger partial charge in [0, 0.05) is 18.4 Å². The van der Waals surface area contributed by atoms with E-state index in [2.05, 4.69) is 46.9 Å². The zero-order valence-corrected chi connectivity index (χ0v) is 17.7. The summed E-state index contributed by atoms with van der Waals surface area (Å²) < 4.78 is 6.85. The number of hydrogen-bond donors (Lipinski definition) is 2. The number of rotatable bonds is 12. The lowest BCUT2D eigenvalue weighted by Gasteiger charge is -2.48. The van der Waals surface area contributed by atoms with Gasteiger partial charge in [0.1, 0.15) is 0 Å². The van der Waals surface area contributed by atoms with Gasteiger partial charge in [0.15, 0.2) is 0 Å². The van der Waals surface area contributed by atoms with Gasteiger partial charge in [-0.3, -0.25) is 9.59 Å². The Kier molecular flexibility index (Phi) is 9.21. The Balaban J connectivity index is 5.67. The second kappa shape index (κ2) is 9.56. The molecule has 2 N–H and O–H groups in total. The first-order chi connectivity index (χ1) is 10.9. The molecule has 0 rings (SSSR count). The van der Waals surface area contributed by atoms with Crippen LogP contribution in [0.25, 0.3) is 0 Å². The van der Waals surface area contributed by atoms with Crippen molar-refractivity contribution in [3.8, 4) is 0 Å². The van der Waals surface area contributed by atoms with E-state index in [-0.39, 0.29) is 17.9 Å². The number of carboxylic acid groups (broad SMARTS) is 1. The summed E-state index contributed by atoms with van der Waals surface area (Å²) in [6.07, 6.45) is 1.03. The van der Waals surface area contributed by atoms with E-state index in [9.17, 15) is 9.59 Å². The van der Waals surface area contributed by atoms with Crippen molar-refractivity contribution in [3.05, 3.63) is 0 Å². The molecule has 0 radical (unpaired) electrons. The van der Waals surface area contributed by atoms with Crippen molar-refractivity contribution >= 4 is 20.7 Å². The number of nitrogens with one attached hydrogen (secondary N) is 1. The van der Waals surface area contributed by atoms with Crippen molar-refractivity contribution in [1.29, 1.82) is 0 Å². The fourth-order valence-corrected chi connectivity index (χ4v) is 9.68. The zero-order chi connectivity index (χ0) is 19.1. The highest BCUT2D eigenvalue weighted by Crippen LogP contribution is 2.45. The van der Waals surface area contributed by atoms with E-state index < -0.39 is 14.3 Å². The van der Waals surface area contributed by atoms with Gasteiger partial charge in [0.2, 0.25) is 14.7 Å². The summed E-state index contributed by atoms with van der Waals surface area (Å²) in [7, 11) is -2.12. The number of carbonyl (C=O) groups is 2. The summed E-state index contributed by atoms with van der Waals surface area (Å²) in [5.74, 6) is -0.811. The topological polar surface area (TPSA) is 75.6 Å². The van der Waals surface area contributed by atoms with Gasteiger partial charge in [0.05, 0.1) is 6.10 Å². The minimum Gasteiger partial charge on any atom is -0.481 e. The van der Waals surface area contributed by atoms with Crippen LogP contribution in [0.15, 0.2) is 0 Å². The van der Waals surface area contributed by atoms with E-state index >= 15 is 0 Å². The first-order valence-electron chi connectivity index (χ1n) is 8.98. The third-order valence-corrected chi connectivity index (χ3v) is 11.3. The summed E-state index contributed by atoms with van der Waals surface area (Å²) in [5, 5.41) is 11.9. The van der Waals surface area contributed by atoms with E-state index in [0.29, 0.717) is 36.0 Å². The summed E-state index contributed by atoms with van der Waals surface area (Å²) in [6.45, 7) is 17.9. The van der Waals surface area contributed by atoms with Crippen LogP contribution in [0.3, 0.4) is 0 Å². The summed E-state index contributed by atoms with van der Waals surface area (Å²) in [6, 6.07) is 0. The summed E-state index contributed by atoms with van der Waals surface area (Å²) >= 11 is 0. The van der Waals surface area contributed by atoms with Crippen LogP contribution < -0.4 is 5.32 Å². The molecule has 0 heterocycles. The maximum Gasteiger partial charge on any atom is 0.303 e. The van der Waals surface area contributed by atoms with Gasteiger partial charge in [-0.25, -0.2) is 0 Å². The average molecular weight is 360 g/mol. The molecule has 0 aliphatic carbocycles. The van der Waals surface area contributed by atoms with Crippen molar-refractivity contribution in [2.45, 2.75) is 91.0 Å². The Morgan fingerprint density at radius 3 is 1.92 bits per heavy atom. The number of aliphatic carboxylic acids is 1. The van der Waals surface area contributed by atoms with Gasteiger partial charge in [-0.15, -0.1) is 0 Å². The van der Waals surface area contributed by atoms with E-state index in [1.807, 2.05) is 13.8 Å². The molecule has 5 nitrogen and oxygen atoms in total. The molecular weight excluding hydrogens is 322 g/mol. The second-order valence-electron chi connectivity index (χ2n) is 8.34. The highest BCUT2D eigenvalue weighted by Gasteiger charge is 2.48. The van der Waals surface area contributed by atoms with Crippen molar-refractivity contribution in [1.82, 2.24) is 5.32 Å². The molecule has 142 valence electrons. The Morgan fingerprint density at radius 2 is 1.58 bits per heavy atom. The monoisotopic (exact) mass is 359 g/mol. The molecule has 0 saturated carbocycles. The predicted molar refractivity (Wildman–Crippen MR) is 101 cm³/mol. The van der Waals surface area contributed by atoms with Gasteiger partial charge in [-0.05, 0) is 23.0 Å². The lowest BCUT2D eigenvalue weighted by Crippen LogP contribution is -2.54. The molecule has 1 unspecified atom stereocenters. The SMILES string of the molecule is CC(C)[Si](OC(CCC(=O)O)C(C)(C)CNC=O)(C(C)C)C(C)C. The molecule has 0 aromatic carbocycles. The first kappa shape index (κ1) is 23.1. The molecule has 24 heavy (non-hydrogen) atoms. The highest BCUT2D eigenvalue weighted by atomic mass is 28.4. The first-order valence-corrected chi connectivity index (χ1v) is 11.1. The molecule has 0 aromatic rings. The van der Waals surface area contributed by atoms with Crippen LogP contribution in [0, 0.1) is 5.41 Å². The molecule has 0 fully saturated rings. The Hall–Kier alpha value is -0.883. The van der Waals surface area contributed by atoms with E-state index in [0.717, 1.165) is 0 Å². The number of carbonyl (C=O) groups excluding carboxylic acids is 1. The average Bonchev–Trinajstić information content (AvgIpc) is 2.43. The van der Waals surface area contributed by atoms with E-state index in [1.54, 1.807) is 0 Å². The van der Waals surface area contributed by atoms with Gasteiger partial charge >= 0.3 is 5.97 Å². The Labute approximate surface area is 148 Å². The highest BCUT2D eigenvalue weighted by molar-refractivity contribution is 6.77. The van der Waals surface area contributed by atoms with Gasteiger partial charge in [0.25, 0.3) is 0 Å². The smallest absolute Gasteiger partial charge is 0.303 e. The molecule has 0 aliphatic rings. The Morgan fingerprint density at radius 1 is 1.12 bits per heavy atom. The molecule has 6 heteroatoms. The lowest BCUT2D eigenvalue weighted by molar-refractivity contribution is -0.138. The van der Waals surface area contributed by atoms with Gasteiger partial charge in [-0.1, -0.05) is 55.4 Å². The van der Waals surface area contributed by atoms with Crippen molar-refractivity contribution < 1.29 is 19.1 Å². The van der Waals surface area contributed by atoms with Crippen LogP contribution in [0.4, 0.5) is 0 Å². The molecule has 0 bridgehead atoms. The quantitative estimate of drug-likeness (QED) is 0.405. The molecule has 0 aromatic heterocycles. The van der Waals surface area contributed by atoms with Gasteiger partial charge in [-0.2, -0.15) is 0 Å². The van der Waals surface area contributed by atoms with Crippen LogP contribution in [0.5, 0.6) is 0 Å². The number of carboxylic acids is 1. The second-order valence-corrected chi connectivity index (χ2v) is 13.8. The van der Waals surface area contributed by atoms with Crippen LogP contribution in [-0.4, -0.2) is 38.5 Å². The normalized spacial score (nSPS) is 14.3. The lowest BCUT2D eigenvalue weighted by atomic mass is 9.84. The van der Waals surface area contributed by atoms with Crippen LogP contribution in [-0.2, 0) is 14.0 Å². The number of amides is 1. The van der Waals surface area contributed by atoms with E-state index in [4.69, 9.17) is 9.53 Å². The third-order valence-electron chi connectivity index (χ3n) is 5.19. The maximum absolute atomic E-state index is 11.1. The zero-order valence-electron chi connectivity index (χ0n) is 16.7. The minimum absolute atomic E-state index is 0.0773. The summed E-state index contributed by atoms with van der Waals surface area (Å²) in [5.41, 5.74) is 0.965. The molecule has 0 spiro atoms. The van der Waals surface area contributed by atoms with Crippen LogP contribution >= 0.6 is 0 Å². The van der Waals surface area contributed by atoms with E-state index in [1.165, 1.54) is 0 Å². The predicted octanol–water partition coefficient (Wildman–Crippen LogP) is 4.18. The standard InChI is InChI=1S/C18H37NO4Si/c1-13(2)24(14(3)4,15(5)6)23-16(9-10-17(21)22)18(7,8)11-19-12-20/h12-16H,9-11H2,1-8H3,(H,19,20)(H,21,22). The summed E-state index contributed by atoms with van der Waals surface area (Å²) in [4.78, 5) is 21.8. The number of hydrogen-bond acceptors (Lipinski definition) is 3.